The molecule has 2 aliphatic rings. The maximum atomic E-state index is 13.3. The van der Waals surface area contributed by atoms with E-state index < -0.39 is 78.0 Å². The van der Waals surface area contributed by atoms with E-state index in [0.29, 0.717) is 0 Å². The summed E-state index contributed by atoms with van der Waals surface area (Å²) in [5.74, 6) is -3.85. The average Bonchev–Trinajstić information content (AvgIpc) is 3.26. The minimum atomic E-state index is -4.93. The number of aliphatic hydroxyl groups is 2. The molecule has 0 spiro atoms. The molecule has 1 aliphatic carbocycles. The summed E-state index contributed by atoms with van der Waals surface area (Å²) in [5.41, 5.74) is -1.93. The lowest BCUT2D eigenvalue weighted by molar-refractivity contribution is -0.0793. The Hall–Kier alpha value is -2.69. The number of pyridine rings is 1. The third kappa shape index (κ3) is 5.07. The number of ether oxygens (including phenoxy) is 1. The van der Waals surface area contributed by atoms with Gasteiger partial charge in [-0.3, -0.25) is 4.57 Å². The lowest BCUT2D eigenvalue weighted by Crippen LogP contribution is -2.44. The van der Waals surface area contributed by atoms with E-state index in [1.54, 1.807) is 6.07 Å². The van der Waals surface area contributed by atoms with Crippen molar-refractivity contribution in [2.45, 2.75) is 49.3 Å². The van der Waals surface area contributed by atoms with Crippen molar-refractivity contribution in [3.8, 4) is 12.1 Å². The monoisotopic (exact) mass is 547 g/mol. The summed E-state index contributed by atoms with van der Waals surface area (Å²) < 4.78 is 68.7. The largest absolute Gasteiger partial charge is 0.387 e. The summed E-state index contributed by atoms with van der Waals surface area (Å²) >= 11 is 0. The molecule has 1 saturated heterocycles. The Morgan fingerprint density at radius 1 is 1.25 bits per heavy atom. The summed E-state index contributed by atoms with van der Waals surface area (Å²) in [4.78, 5) is 22.0. The van der Waals surface area contributed by atoms with Crippen LogP contribution in [0.3, 0.4) is 0 Å². The third-order valence-electron chi connectivity index (χ3n) is 5.91. The fourth-order valence-electron chi connectivity index (χ4n) is 4.34. The van der Waals surface area contributed by atoms with Gasteiger partial charge in [-0.15, -0.1) is 0 Å². The highest BCUT2D eigenvalue weighted by Crippen LogP contribution is 2.42. The van der Waals surface area contributed by atoms with Crippen LogP contribution < -0.4 is 5.32 Å². The summed E-state index contributed by atoms with van der Waals surface area (Å²) in [6.07, 6.45) is -6.09. The Kier molecular flexibility index (Phi) is 6.60. The van der Waals surface area contributed by atoms with Crippen molar-refractivity contribution >= 4 is 34.2 Å². The van der Waals surface area contributed by atoms with Gasteiger partial charge in [-0.05, 0) is 6.07 Å². The summed E-state index contributed by atoms with van der Waals surface area (Å²) in [5, 5.41) is 43.0. The van der Waals surface area contributed by atoms with Crippen LogP contribution in [0.4, 0.5) is 14.5 Å². The van der Waals surface area contributed by atoms with Gasteiger partial charge < -0.3 is 34.6 Å². The fraction of sp³-hybridized carbons (Fsp3) is 0.526. The van der Waals surface area contributed by atoms with Crippen molar-refractivity contribution in [2.75, 3.05) is 16.6 Å². The molecule has 2 aromatic heterocycles. The molecule has 2 fully saturated rings. The molecule has 17 heteroatoms. The smallest absolute Gasteiger partial charge is 0.340 e. The van der Waals surface area contributed by atoms with E-state index in [0.717, 1.165) is 0 Å². The van der Waals surface area contributed by atoms with E-state index in [1.807, 2.05) is 6.07 Å². The van der Waals surface area contributed by atoms with E-state index in [-0.39, 0.29) is 28.0 Å². The van der Waals surface area contributed by atoms with Crippen LogP contribution in [0.1, 0.15) is 30.3 Å². The molecule has 0 aromatic carbocycles. The van der Waals surface area contributed by atoms with Crippen molar-refractivity contribution in [1.82, 2.24) is 9.55 Å². The van der Waals surface area contributed by atoms with Gasteiger partial charge in [0.1, 0.15) is 41.7 Å². The Labute approximate surface area is 202 Å². The molecule has 4 atom stereocenters. The van der Waals surface area contributed by atoms with Crippen LogP contribution in [-0.2, 0) is 19.1 Å². The van der Waals surface area contributed by atoms with Gasteiger partial charge in [0.05, 0.1) is 11.4 Å². The number of aliphatic hydroxyl groups excluding tert-OH is 2. The number of halogens is 2. The van der Waals surface area contributed by atoms with E-state index in [1.165, 1.54) is 16.8 Å². The molecule has 5 N–H and O–H groups in total. The number of nitrogens with zero attached hydrogens (tertiary/aromatic N) is 4. The summed E-state index contributed by atoms with van der Waals surface area (Å²) in [7, 11) is -9.32. The van der Waals surface area contributed by atoms with Crippen molar-refractivity contribution in [2.24, 2.45) is 0 Å². The third-order valence-corrected chi connectivity index (χ3v) is 9.67. The molecule has 0 unspecified atom stereocenters. The number of fused-ring (bicyclic) bond motifs is 1. The number of nitrogens with one attached hydrogen (secondary N) is 1. The number of alkyl halides is 2. The first kappa shape index (κ1) is 26.4. The van der Waals surface area contributed by atoms with Gasteiger partial charge >= 0.3 is 7.60 Å². The molecule has 0 radical (unpaired) electrons. The standard InChI is InChI=1S/C19H20F2N5O8PS/c20-19(21)3-9(4-19)24-14-10-1-2-26(17(10)25-12(6-23)11(14)5-22)18-16(28)15(27)13(34-18)7-36(32,33)8-35(29,30)31/h1-2,9,13,15-16,18,27-28H,3-4,7-8H2,(H,24,25)(H2,29,30,31)/t13-,15-,16-,18-/m1/s1. The number of sulfone groups is 1. The van der Waals surface area contributed by atoms with E-state index >= 15 is 0 Å². The van der Waals surface area contributed by atoms with Crippen molar-refractivity contribution in [1.29, 1.82) is 10.5 Å². The number of hydrogen-bond donors (Lipinski definition) is 5. The first-order valence-electron chi connectivity index (χ1n) is 10.4. The fourth-order valence-corrected chi connectivity index (χ4v) is 7.58. The van der Waals surface area contributed by atoms with Crippen LogP contribution in [0.25, 0.3) is 11.0 Å². The van der Waals surface area contributed by atoms with Crippen LogP contribution in [0.5, 0.6) is 0 Å². The quantitative estimate of drug-likeness (QED) is 0.293. The molecule has 3 heterocycles. The number of anilines is 1. The number of hydrogen-bond acceptors (Lipinski definition) is 10. The van der Waals surface area contributed by atoms with Crippen molar-refractivity contribution in [3.63, 3.8) is 0 Å². The van der Waals surface area contributed by atoms with Gasteiger partial charge in [-0.25, -0.2) is 22.2 Å². The molecule has 2 aromatic rings. The minimum Gasteiger partial charge on any atom is -0.387 e. The molecule has 0 bridgehead atoms. The first-order valence-corrected chi connectivity index (χ1v) is 14.0. The highest BCUT2D eigenvalue weighted by Gasteiger charge is 2.47. The van der Waals surface area contributed by atoms with Crippen molar-refractivity contribution < 1.29 is 46.5 Å². The Balaban J connectivity index is 1.69. The molecule has 1 aliphatic heterocycles. The highest BCUT2D eigenvalue weighted by atomic mass is 32.2. The van der Waals surface area contributed by atoms with Gasteiger partial charge in [0.2, 0.25) is 0 Å². The zero-order valence-electron chi connectivity index (χ0n) is 18.2. The molecular weight excluding hydrogens is 527 g/mol. The van der Waals surface area contributed by atoms with Crippen LogP contribution in [0, 0.1) is 22.7 Å². The second-order valence-corrected chi connectivity index (χ2v) is 12.9. The predicted octanol–water partition coefficient (Wildman–Crippen LogP) is 0.158. The summed E-state index contributed by atoms with van der Waals surface area (Å²) in [6.45, 7) is 0. The van der Waals surface area contributed by atoms with E-state index in [9.17, 15) is 42.5 Å². The van der Waals surface area contributed by atoms with Crippen LogP contribution in [0.2, 0.25) is 0 Å². The SMILES string of the molecule is N#Cc1nc2c(ccn2[C@@H]2O[C@H](CS(=O)(=O)CP(=O)(O)O)[C@@H](O)[C@H]2O)c(NC2CC(F)(F)C2)c1C#N. The number of nitriles is 2. The second kappa shape index (κ2) is 9.00. The molecule has 194 valence electrons. The van der Waals surface area contributed by atoms with Gasteiger partial charge in [0.15, 0.2) is 27.3 Å². The first-order chi connectivity index (χ1) is 16.6. The van der Waals surface area contributed by atoms with Gasteiger partial charge in [0.25, 0.3) is 5.92 Å². The molecule has 1 saturated carbocycles. The zero-order valence-corrected chi connectivity index (χ0v) is 19.9. The predicted molar refractivity (Wildman–Crippen MR) is 117 cm³/mol. The second-order valence-electron chi connectivity index (χ2n) is 8.75. The van der Waals surface area contributed by atoms with Gasteiger partial charge in [0, 0.05) is 30.5 Å². The van der Waals surface area contributed by atoms with E-state index in [4.69, 9.17) is 14.5 Å². The Morgan fingerprint density at radius 3 is 2.47 bits per heavy atom. The molecule has 4 rings (SSSR count). The molecule has 36 heavy (non-hydrogen) atoms. The zero-order chi connectivity index (χ0) is 26.6. The van der Waals surface area contributed by atoms with Crippen LogP contribution in [-0.4, -0.2) is 79.5 Å². The topological polar surface area (TPSA) is 219 Å². The van der Waals surface area contributed by atoms with Crippen LogP contribution in [0.15, 0.2) is 12.3 Å². The maximum Gasteiger partial charge on any atom is 0.340 e. The Morgan fingerprint density at radius 2 is 1.92 bits per heavy atom. The lowest BCUT2D eigenvalue weighted by atomic mass is 9.87. The molecular formula is C19H20F2N5O8PS. The van der Waals surface area contributed by atoms with Crippen molar-refractivity contribution in [3.05, 3.63) is 23.5 Å². The maximum absolute atomic E-state index is 13.3. The van der Waals surface area contributed by atoms with Gasteiger partial charge in [-0.2, -0.15) is 10.5 Å². The normalized spacial score (nSPS) is 26.3. The Bertz CT molecular complexity index is 1440. The van der Waals surface area contributed by atoms with Gasteiger partial charge in [-0.1, -0.05) is 0 Å². The molecule has 13 nitrogen and oxygen atoms in total. The number of rotatable bonds is 7. The van der Waals surface area contributed by atoms with Crippen LogP contribution >= 0.6 is 7.60 Å². The average molecular weight is 547 g/mol. The molecule has 0 amide bonds. The summed E-state index contributed by atoms with van der Waals surface area (Å²) in [6, 6.07) is 4.33. The highest BCUT2D eigenvalue weighted by molar-refractivity contribution is 7.97. The minimum absolute atomic E-state index is 0.0193. The number of aromatic nitrogens is 2. The lowest BCUT2D eigenvalue weighted by Gasteiger charge is -2.36. The van der Waals surface area contributed by atoms with E-state index in [2.05, 4.69) is 10.3 Å².